The monoisotopic (exact) mass is 314 g/mol. The van der Waals surface area contributed by atoms with Gasteiger partial charge in [-0.15, -0.1) is 0 Å². The highest BCUT2D eigenvalue weighted by Gasteiger charge is 2.26. The number of carbonyl (C=O) groups is 1. The lowest BCUT2D eigenvalue weighted by Crippen LogP contribution is -2.18. The van der Waals surface area contributed by atoms with E-state index in [0.717, 1.165) is 18.5 Å². The zero-order valence-corrected chi connectivity index (χ0v) is 13.0. The van der Waals surface area contributed by atoms with Gasteiger partial charge in [-0.25, -0.2) is 5.43 Å². The standard InChI is InChI=1S/C16H18N4O3/c1-22-12-5-6-15(23-2)11(7-12)9-17-20-16(21)14-8-13(18-19-14)10-3-4-10/h5-10H,3-4H2,1-2H3,(H,18,19)(H,20,21)/b17-9-. The van der Waals surface area contributed by atoms with Crippen molar-refractivity contribution in [1.82, 2.24) is 15.6 Å². The summed E-state index contributed by atoms with van der Waals surface area (Å²) in [5, 5.41) is 10.9. The molecule has 1 aliphatic carbocycles. The van der Waals surface area contributed by atoms with E-state index in [1.807, 2.05) is 0 Å². The molecule has 23 heavy (non-hydrogen) atoms. The lowest BCUT2D eigenvalue weighted by Gasteiger charge is -2.06. The Balaban J connectivity index is 1.66. The number of ether oxygens (including phenoxy) is 2. The first kappa shape index (κ1) is 15.1. The number of hydrogen-bond donors (Lipinski definition) is 2. The second-order valence-electron chi connectivity index (χ2n) is 5.29. The summed E-state index contributed by atoms with van der Waals surface area (Å²) in [6, 6.07) is 7.11. The summed E-state index contributed by atoms with van der Waals surface area (Å²) in [4.78, 5) is 12.0. The number of aromatic amines is 1. The first-order valence-electron chi connectivity index (χ1n) is 7.32. The fourth-order valence-corrected chi connectivity index (χ4v) is 2.21. The maximum absolute atomic E-state index is 12.0. The number of amides is 1. The van der Waals surface area contributed by atoms with Crippen molar-refractivity contribution in [3.8, 4) is 11.5 Å². The third-order valence-corrected chi connectivity index (χ3v) is 3.65. The molecule has 2 aromatic rings. The van der Waals surface area contributed by atoms with Crippen molar-refractivity contribution in [3.63, 3.8) is 0 Å². The van der Waals surface area contributed by atoms with Crippen LogP contribution in [0.3, 0.4) is 0 Å². The van der Waals surface area contributed by atoms with E-state index in [1.165, 1.54) is 6.21 Å². The highest BCUT2D eigenvalue weighted by atomic mass is 16.5. The van der Waals surface area contributed by atoms with Crippen LogP contribution in [-0.4, -0.2) is 36.5 Å². The fraction of sp³-hybridized carbons (Fsp3) is 0.312. The Hall–Kier alpha value is -2.83. The highest BCUT2D eigenvalue weighted by Crippen LogP contribution is 2.38. The summed E-state index contributed by atoms with van der Waals surface area (Å²) in [5.41, 5.74) is 4.51. The maximum atomic E-state index is 12.0. The zero-order chi connectivity index (χ0) is 16.2. The molecule has 1 aromatic carbocycles. The molecule has 0 spiro atoms. The average molecular weight is 314 g/mol. The number of methoxy groups -OCH3 is 2. The van der Waals surface area contributed by atoms with Gasteiger partial charge in [0, 0.05) is 17.2 Å². The van der Waals surface area contributed by atoms with E-state index in [9.17, 15) is 4.79 Å². The molecular formula is C16H18N4O3. The van der Waals surface area contributed by atoms with E-state index < -0.39 is 0 Å². The molecule has 7 nitrogen and oxygen atoms in total. The minimum atomic E-state index is -0.355. The second-order valence-corrected chi connectivity index (χ2v) is 5.29. The van der Waals surface area contributed by atoms with E-state index in [0.29, 0.717) is 28.7 Å². The molecule has 0 saturated heterocycles. The van der Waals surface area contributed by atoms with Crippen molar-refractivity contribution >= 4 is 12.1 Å². The molecule has 1 amide bonds. The van der Waals surface area contributed by atoms with Crippen LogP contribution >= 0.6 is 0 Å². The van der Waals surface area contributed by atoms with Crippen LogP contribution < -0.4 is 14.9 Å². The van der Waals surface area contributed by atoms with Gasteiger partial charge in [0.15, 0.2) is 5.69 Å². The molecule has 0 bridgehead atoms. The van der Waals surface area contributed by atoms with Gasteiger partial charge in [0.05, 0.1) is 20.4 Å². The fourth-order valence-electron chi connectivity index (χ4n) is 2.21. The third-order valence-electron chi connectivity index (χ3n) is 3.65. The van der Waals surface area contributed by atoms with Crippen LogP contribution in [0, 0.1) is 0 Å². The minimum absolute atomic E-state index is 0.335. The lowest BCUT2D eigenvalue weighted by molar-refractivity contribution is 0.0950. The van der Waals surface area contributed by atoms with Gasteiger partial charge >= 0.3 is 0 Å². The van der Waals surface area contributed by atoms with Crippen LogP contribution in [0.15, 0.2) is 29.4 Å². The van der Waals surface area contributed by atoms with Crippen LogP contribution in [0.5, 0.6) is 11.5 Å². The van der Waals surface area contributed by atoms with Gasteiger partial charge in [-0.05, 0) is 37.1 Å². The smallest absolute Gasteiger partial charge is 0.291 e. The minimum Gasteiger partial charge on any atom is -0.497 e. The quantitative estimate of drug-likeness (QED) is 0.631. The number of H-pyrrole nitrogens is 1. The summed E-state index contributed by atoms with van der Waals surface area (Å²) in [6.45, 7) is 0. The zero-order valence-electron chi connectivity index (χ0n) is 13.0. The van der Waals surface area contributed by atoms with Crippen molar-refractivity contribution in [1.29, 1.82) is 0 Å². The molecule has 0 unspecified atom stereocenters. The van der Waals surface area contributed by atoms with Gasteiger partial charge in [0.25, 0.3) is 5.91 Å². The second kappa shape index (κ2) is 6.51. The van der Waals surface area contributed by atoms with Gasteiger partial charge in [-0.3, -0.25) is 9.89 Å². The molecule has 3 rings (SSSR count). The van der Waals surface area contributed by atoms with Crippen LogP contribution in [0.1, 0.15) is 40.5 Å². The van der Waals surface area contributed by atoms with Gasteiger partial charge < -0.3 is 9.47 Å². The van der Waals surface area contributed by atoms with Gasteiger partial charge in [0.2, 0.25) is 0 Å². The lowest BCUT2D eigenvalue weighted by atomic mass is 10.2. The number of aromatic nitrogens is 2. The number of nitrogens with zero attached hydrogens (tertiary/aromatic N) is 2. The predicted octanol–water partition coefficient (Wildman–Crippen LogP) is 2.07. The summed E-state index contributed by atoms with van der Waals surface area (Å²) >= 11 is 0. The molecule has 1 heterocycles. The van der Waals surface area contributed by atoms with Crippen molar-refractivity contribution < 1.29 is 14.3 Å². The first-order chi connectivity index (χ1) is 11.2. The molecule has 1 aliphatic rings. The molecular weight excluding hydrogens is 296 g/mol. The Morgan fingerprint density at radius 3 is 2.87 bits per heavy atom. The number of hydrazone groups is 1. The number of hydrogen-bond acceptors (Lipinski definition) is 5. The molecule has 120 valence electrons. The number of benzene rings is 1. The Morgan fingerprint density at radius 1 is 1.35 bits per heavy atom. The molecule has 1 aromatic heterocycles. The molecule has 0 radical (unpaired) electrons. The van der Waals surface area contributed by atoms with Gasteiger partial charge in [0.1, 0.15) is 11.5 Å². The SMILES string of the molecule is COc1ccc(OC)c(/C=N\NC(=O)c2cc(C3CC3)[nH]n2)c1. The van der Waals surface area contributed by atoms with E-state index in [4.69, 9.17) is 9.47 Å². The Kier molecular flexibility index (Phi) is 4.27. The van der Waals surface area contributed by atoms with Crippen molar-refractivity contribution in [2.75, 3.05) is 14.2 Å². The summed E-state index contributed by atoms with van der Waals surface area (Å²) in [6.07, 6.45) is 3.81. The van der Waals surface area contributed by atoms with E-state index in [1.54, 1.807) is 38.5 Å². The molecule has 0 atom stereocenters. The van der Waals surface area contributed by atoms with Crippen molar-refractivity contribution in [2.24, 2.45) is 5.10 Å². The van der Waals surface area contributed by atoms with Crippen molar-refractivity contribution in [2.45, 2.75) is 18.8 Å². The summed E-state index contributed by atoms with van der Waals surface area (Å²) in [7, 11) is 3.15. The molecule has 0 aliphatic heterocycles. The number of nitrogens with one attached hydrogen (secondary N) is 2. The normalized spacial score (nSPS) is 14.0. The Bertz CT molecular complexity index is 735. The molecule has 1 saturated carbocycles. The Morgan fingerprint density at radius 2 is 2.17 bits per heavy atom. The Labute approximate surface area is 133 Å². The number of rotatable bonds is 6. The van der Waals surface area contributed by atoms with Gasteiger partial charge in [-0.1, -0.05) is 0 Å². The van der Waals surface area contributed by atoms with Crippen LogP contribution in [0.4, 0.5) is 0 Å². The third kappa shape index (κ3) is 3.50. The van der Waals surface area contributed by atoms with Crippen LogP contribution in [0.2, 0.25) is 0 Å². The summed E-state index contributed by atoms with van der Waals surface area (Å²) < 4.78 is 10.4. The van der Waals surface area contributed by atoms with Gasteiger partial charge in [-0.2, -0.15) is 10.2 Å². The van der Waals surface area contributed by atoms with Crippen LogP contribution in [-0.2, 0) is 0 Å². The van der Waals surface area contributed by atoms with E-state index in [-0.39, 0.29) is 5.91 Å². The van der Waals surface area contributed by atoms with E-state index >= 15 is 0 Å². The highest BCUT2D eigenvalue weighted by molar-refractivity contribution is 5.93. The van der Waals surface area contributed by atoms with Crippen molar-refractivity contribution in [3.05, 3.63) is 41.2 Å². The predicted molar refractivity (Wildman–Crippen MR) is 85.2 cm³/mol. The maximum Gasteiger partial charge on any atom is 0.291 e. The molecule has 1 fully saturated rings. The number of carbonyl (C=O) groups excluding carboxylic acids is 1. The summed E-state index contributed by atoms with van der Waals surface area (Å²) in [5.74, 6) is 1.49. The molecule has 7 heteroatoms. The first-order valence-corrected chi connectivity index (χ1v) is 7.32. The largest absolute Gasteiger partial charge is 0.497 e. The van der Waals surface area contributed by atoms with Crippen LogP contribution in [0.25, 0.3) is 0 Å². The average Bonchev–Trinajstić information content (AvgIpc) is 3.31. The van der Waals surface area contributed by atoms with E-state index in [2.05, 4.69) is 20.7 Å². The molecule has 2 N–H and O–H groups in total. The topological polar surface area (TPSA) is 88.6 Å².